The summed E-state index contributed by atoms with van der Waals surface area (Å²) < 4.78 is 43.6. The molecule has 132 valence electrons. The van der Waals surface area contributed by atoms with E-state index in [1.807, 2.05) is 13.0 Å². The second-order valence-electron chi connectivity index (χ2n) is 5.26. The summed E-state index contributed by atoms with van der Waals surface area (Å²) in [5.41, 5.74) is 6.52. The highest BCUT2D eigenvalue weighted by atomic mass is 35.5. The molecule has 0 unspecified atom stereocenters. The van der Waals surface area contributed by atoms with Gasteiger partial charge in [0.2, 0.25) is 0 Å². The largest absolute Gasteiger partial charge is 0.461 e. The standard InChI is InChI=1S/C15H12ClF3N4OS/c1-7-6-24-12-9(7)4-8(21-13(12)16)2-3-25-14-22-10(15(17,18)19)5-11(20)23-14/h4-6H,2-3H2,1H3,(H2,20,22,23). The van der Waals surface area contributed by atoms with Gasteiger partial charge >= 0.3 is 6.18 Å². The number of pyridine rings is 1. The molecule has 0 amide bonds. The highest BCUT2D eigenvalue weighted by Crippen LogP contribution is 2.30. The predicted molar refractivity (Wildman–Crippen MR) is 89.6 cm³/mol. The van der Waals surface area contributed by atoms with Gasteiger partial charge < -0.3 is 10.2 Å². The minimum atomic E-state index is -4.56. The fourth-order valence-corrected chi connectivity index (χ4v) is 3.28. The highest BCUT2D eigenvalue weighted by Gasteiger charge is 2.33. The number of alkyl halides is 3. The first-order valence-corrected chi connectivity index (χ1v) is 8.48. The van der Waals surface area contributed by atoms with Gasteiger partial charge in [-0.15, -0.1) is 0 Å². The number of aryl methyl sites for hydroxylation is 2. The number of hydrogen-bond donors (Lipinski definition) is 1. The number of furan rings is 1. The Morgan fingerprint density at radius 3 is 2.72 bits per heavy atom. The topological polar surface area (TPSA) is 77.8 Å². The van der Waals surface area contributed by atoms with Crippen LogP contribution in [0.2, 0.25) is 5.15 Å². The number of aromatic nitrogens is 3. The summed E-state index contributed by atoms with van der Waals surface area (Å²) >= 11 is 7.15. The summed E-state index contributed by atoms with van der Waals surface area (Å²) in [6.45, 7) is 1.89. The Balaban J connectivity index is 1.73. The molecule has 3 aromatic heterocycles. The van der Waals surface area contributed by atoms with Crippen molar-refractivity contribution in [3.05, 3.63) is 40.5 Å². The van der Waals surface area contributed by atoms with Crippen LogP contribution in [0.25, 0.3) is 11.0 Å². The second kappa shape index (κ2) is 6.72. The van der Waals surface area contributed by atoms with Crippen LogP contribution in [-0.2, 0) is 12.6 Å². The lowest BCUT2D eigenvalue weighted by Gasteiger charge is -2.08. The Labute approximate surface area is 149 Å². The normalized spacial score (nSPS) is 12.0. The van der Waals surface area contributed by atoms with Crippen LogP contribution < -0.4 is 5.73 Å². The van der Waals surface area contributed by atoms with Gasteiger partial charge in [0.1, 0.15) is 5.82 Å². The van der Waals surface area contributed by atoms with Gasteiger partial charge in [-0.25, -0.2) is 15.0 Å². The van der Waals surface area contributed by atoms with Crippen LogP contribution in [-0.4, -0.2) is 20.7 Å². The third kappa shape index (κ3) is 3.98. The zero-order chi connectivity index (χ0) is 18.2. The van der Waals surface area contributed by atoms with Gasteiger partial charge in [0, 0.05) is 22.9 Å². The number of fused-ring (bicyclic) bond motifs is 1. The van der Waals surface area contributed by atoms with Crippen molar-refractivity contribution < 1.29 is 17.6 Å². The van der Waals surface area contributed by atoms with Gasteiger partial charge in [-0.2, -0.15) is 13.2 Å². The van der Waals surface area contributed by atoms with E-state index in [-0.39, 0.29) is 16.1 Å². The Morgan fingerprint density at radius 1 is 1.24 bits per heavy atom. The summed E-state index contributed by atoms with van der Waals surface area (Å²) in [7, 11) is 0. The molecule has 5 nitrogen and oxygen atoms in total. The van der Waals surface area contributed by atoms with Crippen molar-refractivity contribution in [1.29, 1.82) is 0 Å². The highest BCUT2D eigenvalue weighted by molar-refractivity contribution is 7.99. The molecule has 0 radical (unpaired) electrons. The molecule has 0 aliphatic heterocycles. The molecule has 0 spiro atoms. The number of rotatable bonds is 4. The summed E-state index contributed by atoms with van der Waals surface area (Å²) in [4.78, 5) is 11.5. The lowest BCUT2D eigenvalue weighted by atomic mass is 10.2. The number of nitrogens with zero attached hydrogens (tertiary/aromatic N) is 3. The van der Waals surface area contributed by atoms with E-state index >= 15 is 0 Å². The zero-order valence-electron chi connectivity index (χ0n) is 12.9. The van der Waals surface area contributed by atoms with Gasteiger partial charge in [0.25, 0.3) is 0 Å². The number of hydrogen-bond acceptors (Lipinski definition) is 6. The molecule has 3 heterocycles. The number of halogens is 4. The Bertz CT molecular complexity index is 929. The lowest BCUT2D eigenvalue weighted by molar-refractivity contribution is -0.141. The second-order valence-corrected chi connectivity index (χ2v) is 6.68. The molecular formula is C15H12ClF3N4OS. The van der Waals surface area contributed by atoms with E-state index in [1.54, 1.807) is 6.26 Å². The molecule has 0 aliphatic rings. The van der Waals surface area contributed by atoms with Crippen LogP contribution in [0.1, 0.15) is 17.0 Å². The van der Waals surface area contributed by atoms with Gasteiger partial charge in [-0.05, 0) is 25.0 Å². The van der Waals surface area contributed by atoms with E-state index in [1.165, 1.54) is 0 Å². The maximum Gasteiger partial charge on any atom is 0.433 e. The maximum atomic E-state index is 12.7. The van der Waals surface area contributed by atoms with E-state index in [0.717, 1.165) is 22.7 Å². The third-order valence-corrected chi connectivity index (χ3v) is 4.47. The summed E-state index contributed by atoms with van der Waals surface area (Å²) in [6, 6.07) is 2.56. The molecule has 25 heavy (non-hydrogen) atoms. The van der Waals surface area contributed by atoms with Crippen LogP contribution in [0.4, 0.5) is 19.0 Å². The number of anilines is 1. The zero-order valence-corrected chi connectivity index (χ0v) is 14.5. The fraction of sp³-hybridized carbons (Fsp3) is 0.267. The molecule has 3 rings (SSSR count). The maximum absolute atomic E-state index is 12.7. The average Bonchev–Trinajstić information content (AvgIpc) is 2.88. The Hall–Kier alpha value is -2.00. The SMILES string of the molecule is Cc1coc2c(Cl)nc(CCSc3nc(N)cc(C(F)(F)F)n3)cc12. The van der Waals surface area contributed by atoms with E-state index in [4.69, 9.17) is 21.8 Å². The van der Waals surface area contributed by atoms with E-state index in [0.29, 0.717) is 29.5 Å². The van der Waals surface area contributed by atoms with Crippen LogP contribution in [0.3, 0.4) is 0 Å². The van der Waals surface area contributed by atoms with Crippen LogP contribution in [0.5, 0.6) is 0 Å². The molecule has 0 saturated carbocycles. The van der Waals surface area contributed by atoms with E-state index in [9.17, 15) is 13.2 Å². The molecular weight excluding hydrogens is 377 g/mol. The van der Waals surface area contributed by atoms with Gasteiger partial charge in [-0.1, -0.05) is 23.4 Å². The Kier molecular flexibility index (Phi) is 4.79. The first-order valence-electron chi connectivity index (χ1n) is 7.12. The van der Waals surface area contributed by atoms with Crippen molar-refractivity contribution in [2.45, 2.75) is 24.7 Å². The van der Waals surface area contributed by atoms with Crippen molar-refractivity contribution in [3.63, 3.8) is 0 Å². The van der Waals surface area contributed by atoms with Crippen molar-refractivity contribution in [1.82, 2.24) is 15.0 Å². The summed E-state index contributed by atoms with van der Waals surface area (Å²) in [5, 5.41) is 1.09. The van der Waals surface area contributed by atoms with Crippen molar-refractivity contribution in [3.8, 4) is 0 Å². The summed E-state index contributed by atoms with van der Waals surface area (Å²) in [5.74, 6) is 0.202. The molecule has 0 fully saturated rings. The average molecular weight is 389 g/mol. The molecule has 0 bridgehead atoms. The first kappa shape index (κ1) is 17.8. The summed E-state index contributed by atoms with van der Waals surface area (Å²) in [6.07, 6.45) is -2.49. The molecule has 0 atom stereocenters. The quantitative estimate of drug-likeness (QED) is 0.402. The van der Waals surface area contributed by atoms with Crippen molar-refractivity contribution in [2.75, 3.05) is 11.5 Å². The number of nitrogens with two attached hydrogens (primary N) is 1. The minimum absolute atomic E-state index is 0.0287. The molecule has 10 heteroatoms. The fourth-order valence-electron chi connectivity index (χ4n) is 2.20. The van der Waals surface area contributed by atoms with Crippen LogP contribution >= 0.6 is 23.4 Å². The van der Waals surface area contributed by atoms with Crippen LogP contribution in [0.15, 0.2) is 28.0 Å². The van der Waals surface area contributed by atoms with E-state index in [2.05, 4.69) is 15.0 Å². The molecule has 0 aromatic carbocycles. The lowest BCUT2D eigenvalue weighted by Crippen LogP contribution is -2.11. The third-order valence-electron chi connectivity index (χ3n) is 3.37. The van der Waals surface area contributed by atoms with Crippen molar-refractivity contribution in [2.24, 2.45) is 0 Å². The smallest absolute Gasteiger partial charge is 0.433 e. The van der Waals surface area contributed by atoms with Gasteiger partial charge in [-0.3, -0.25) is 0 Å². The van der Waals surface area contributed by atoms with Crippen LogP contribution in [0, 0.1) is 6.92 Å². The van der Waals surface area contributed by atoms with E-state index < -0.39 is 11.9 Å². The molecule has 2 N–H and O–H groups in total. The van der Waals surface area contributed by atoms with Gasteiger partial charge in [0.05, 0.1) is 6.26 Å². The molecule has 3 aromatic rings. The Morgan fingerprint density at radius 2 is 2.00 bits per heavy atom. The van der Waals surface area contributed by atoms with Crippen molar-refractivity contribution >= 4 is 40.1 Å². The minimum Gasteiger partial charge on any atom is -0.461 e. The first-order chi connectivity index (χ1) is 11.7. The predicted octanol–water partition coefficient (Wildman–Crippen LogP) is 4.52. The molecule has 0 aliphatic carbocycles. The number of nitrogen functional groups attached to an aromatic ring is 1. The van der Waals surface area contributed by atoms with Gasteiger partial charge in [0.15, 0.2) is 21.6 Å². The molecule has 0 saturated heterocycles. The number of thioether (sulfide) groups is 1. The monoisotopic (exact) mass is 388 g/mol.